The van der Waals surface area contributed by atoms with Gasteiger partial charge in [-0.3, -0.25) is 0 Å². The number of fused-ring (bicyclic) bond motifs is 1. The summed E-state index contributed by atoms with van der Waals surface area (Å²) in [7, 11) is 0. The molecule has 0 unspecified atom stereocenters. The molecule has 0 N–H and O–H groups in total. The van der Waals surface area contributed by atoms with Crippen LogP contribution in [0.5, 0.6) is 0 Å². The van der Waals surface area contributed by atoms with E-state index >= 15 is 0 Å². The van der Waals surface area contributed by atoms with Gasteiger partial charge >= 0.3 is 6.18 Å². The van der Waals surface area contributed by atoms with E-state index in [0.29, 0.717) is 11.3 Å². The van der Waals surface area contributed by atoms with Crippen LogP contribution in [0.2, 0.25) is 5.15 Å². The normalized spacial score (nSPS) is 18.7. The Morgan fingerprint density at radius 3 is 2.63 bits per heavy atom. The summed E-state index contributed by atoms with van der Waals surface area (Å²) < 4.78 is 52.2. The molecule has 1 fully saturated rings. The summed E-state index contributed by atoms with van der Waals surface area (Å²) in [5.41, 5.74) is -2.50. The average molecular weight is 295 g/mol. The highest BCUT2D eigenvalue weighted by Gasteiger charge is 2.63. The fourth-order valence-corrected chi connectivity index (χ4v) is 2.20. The lowest BCUT2D eigenvalue weighted by Crippen LogP contribution is -2.66. The van der Waals surface area contributed by atoms with Crippen molar-refractivity contribution < 1.29 is 17.6 Å². The van der Waals surface area contributed by atoms with Gasteiger partial charge in [-0.05, 0) is 0 Å². The number of nitrogens with zero attached hydrogens (tertiary/aromatic N) is 4. The third-order valence-corrected chi connectivity index (χ3v) is 3.23. The van der Waals surface area contributed by atoms with Gasteiger partial charge in [0.1, 0.15) is 0 Å². The number of alkyl halides is 4. The van der Waals surface area contributed by atoms with Crippen LogP contribution >= 0.6 is 11.6 Å². The van der Waals surface area contributed by atoms with Gasteiger partial charge in [0.2, 0.25) is 5.67 Å². The standard InChI is InChI=1S/C10H7ClF4N4/c11-7-3-6(8-16-1-2-19(8)17-7)18-4-9(12,5-18)10(13,14)15/h1-3H,4-5H2. The zero-order valence-electron chi connectivity index (χ0n) is 9.32. The van der Waals surface area contributed by atoms with Gasteiger partial charge in [-0.15, -0.1) is 0 Å². The van der Waals surface area contributed by atoms with Gasteiger partial charge in [0.05, 0.1) is 18.8 Å². The number of halogens is 5. The largest absolute Gasteiger partial charge is 0.426 e. The van der Waals surface area contributed by atoms with E-state index in [0.717, 1.165) is 0 Å². The molecule has 3 rings (SSSR count). The first-order chi connectivity index (χ1) is 8.80. The van der Waals surface area contributed by atoms with Crippen LogP contribution in [0, 0.1) is 0 Å². The Bertz CT molecular complexity index is 632. The Kier molecular flexibility index (Phi) is 2.44. The monoisotopic (exact) mass is 294 g/mol. The Balaban J connectivity index is 1.94. The molecule has 0 radical (unpaired) electrons. The molecule has 0 spiro atoms. The summed E-state index contributed by atoms with van der Waals surface area (Å²) in [6, 6.07) is 1.37. The van der Waals surface area contributed by atoms with Gasteiger partial charge in [0.25, 0.3) is 0 Å². The van der Waals surface area contributed by atoms with Crippen LogP contribution in [-0.4, -0.2) is 39.5 Å². The lowest BCUT2D eigenvalue weighted by atomic mass is 9.95. The lowest BCUT2D eigenvalue weighted by molar-refractivity contribution is -0.237. The molecule has 3 heterocycles. The van der Waals surface area contributed by atoms with Crippen molar-refractivity contribution in [2.75, 3.05) is 18.0 Å². The van der Waals surface area contributed by atoms with Gasteiger partial charge in [-0.1, -0.05) is 11.6 Å². The molecule has 102 valence electrons. The summed E-state index contributed by atoms with van der Waals surface area (Å²) in [5.74, 6) is 0. The Labute approximate surface area is 109 Å². The van der Waals surface area contributed by atoms with Crippen LogP contribution in [0.1, 0.15) is 0 Å². The molecule has 0 aromatic carbocycles. The summed E-state index contributed by atoms with van der Waals surface area (Å²) in [6.07, 6.45) is -1.92. The van der Waals surface area contributed by atoms with Crippen LogP contribution in [0.3, 0.4) is 0 Å². The van der Waals surface area contributed by atoms with Gasteiger partial charge in [-0.2, -0.15) is 18.3 Å². The van der Waals surface area contributed by atoms with E-state index in [4.69, 9.17) is 11.6 Å². The summed E-state index contributed by atoms with van der Waals surface area (Å²) in [5, 5.41) is 4.00. The topological polar surface area (TPSA) is 33.4 Å². The molecule has 19 heavy (non-hydrogen) atoms. The minimum Gasteiger partial charge on any atom is -0.361 e. The Morgan fingerprint density at radius 1 is 1.32 bits per heavy atom. The van der Waals surface area contributed by atoms with Crippen molar-refractivity contribution in [3.63, 3.8) is 0 Å². The third-order valence-electron chi connectivity index (χ3n) is 3.04. The molecule has 0 aliphatic carbocycles. The van der Waals surface area contributed by atoms with E-state index in [1.165, 1.54) is 27.9 Å². The highest BCUT2D eigenvalue weighted by Crippen LogP contribution is 2.43. The van der Waals surface area contributed by atoms with Crippen LogP contribution in [0.4, 0.5) is 23.2 Å². The number of hydrogen-bond donors (Lipinski definition) is 0. The number of hydrogen-bond acceptors (Lipinski definition) is 3. The molecule has 0 bridgehead atoms. The van der Waals surface area contributed by atoms with Crippen LogP contribution < -0.4 is 4.90 Å². The van der Waals surface area contributed by atoms with Gasteiger partial charge < -0.3 is 4.90 Å². The second-order valence-corrected chi connectivity index (χ2v) is 4.75. The first-order valence-electron chi connectivity index (χ1n) is 5.31. The SMILES string of the molecule is FC(F)(F)C1(F)CN(c2cc(Cl)nn3ccnc23)C1. The van der Waals surface area contributed by atoms with Crippen LogP contribution in [0.25, 0.3) is 5.65 Å². The first kappa shape index (κ1) is 12.5. The lowest BCUT2D eigenvalue weighted by Gasteiger charge is -2.46. The quantitative estimate of drug-likeness (QED) is 0.758. The summed E-state index contributed by atoms with van der Waals surface area (Å²) >= 11 is 5.76. The minimum absolute atomic E-state index is 0.101. The maximum atomic E-state index is 13.5. The van der Waals surface area contributed by atoms with Crippen molar-refractivity contribution in [1.82, 2.24) is 14.6 Å². The van der Waals surface area contributed by atoms with E-state index in [1.807, 2.05) is 0 Å². The fraction of sp³-hybridized carbons (Fsp3) is 0.400. The number of aromatic nitrogens is 3. The molecule has 1 saturated heterocycles. The zero-order valence-corrected chi connectivity index (χ0v) is 10.1. The highest BCUT2D eigenvalue weighted by molar-refractivity contribution is 6.29. The summed E-state index contributed by atoms with van der Waals surface area (Å²) in [4.78, 5) is 5.21. The smallest absolute Gasteiger partial charge is 0.361 e. The number of rotatable bonds is 1. The second-order valence-electron chi connectivity index (χ2n) is 4.37. The van der Waals surface area contributed by atoms with Crippen LogP contribution in [-0.2, 0) is 0 Å². The van der Waals surface area contributed by atoms with E-state index in [-0.39, 0.29) is 5.15 Å². The molecule has 2 aromatic heterocycles. The van der Waals surface area contributed by atoms with Crippen molar-refractivity contribution in [1.29, 1.82) is 0 Å². The number of anilines is 1. The molecule has 9 heteroatoms. The molecular weight excluding hydrogens is 288 g/mol. The Hall–Kier alpha value is -1.57. The fourth-order valence-electron chi connectivity index (χ4n) is 2.01. The number of imidazole rings is 1. The third kappa shape index (κ3) is 1.81. The van der Waals surface area contributed by atoms with E-state index in [9.17, 15) is 17.6 Å². The van der Waals surface area contributed by atoms with Crippen molar-refractivity contribution in [3.05, 3.63) is 23.6 Å². The molecule has 0 amide bonds. The van der Waals surface area contributed by atoms with E-state index in [2.05, 4.69) is 10.1 Å². The van der Waals surface area contributed by atoms with Gasteiger partial charge in [-0.25, -0.2) is 13.9 Å². The first-order valence-corrected chi connectivity index (χ1v) is 5.68. The van der Waals surface area contributed by atoms with Gasteiger partial charge in [0.15, 0.2) is 10.8 Å². The molecule has 0 atom stereocenters. The van der Waals surface area contributed by atoms with Gasteiger partial charge in [0, 0.05) is 18.5 Å². The Morgan fingerprint density at radius 2 is 2.00 bits per heavy atom. The average Bonchev–Trinajstić information content (AvgIpc) is 2.69. The van der Waals surface area contributed by atoms with Crippen molar-refractivity contribution in [2.24, 2.45) is 0 Å². The summed E-state index contributed by atoms with van der Waals surface area (Å²) in [6.45, 7) is -1.53. The van der Waals surface area contributed by atoms with Crippen molar-refractivity contribution >= 4 is 22.9 Å². The molecule has 1 aliphatic rings. The van der Waals surface area contributed by atoms with Crippen molar-refractivity contribution in [2.45, 2.75) is 11.8 Å². The molecule has 1 aliphatic heterocycles. The van der Waals surface area contributed by atoms with E-state index < -0.39 is 24.9 Å². The zero-order chi connectivity index (χ0) is 13.8. The van der Waals surface area contributed by atoms with Crippen molar-refractivity contribution in [3.8, 4) is 0 Å². The molecular formula is C10H7ClF4N4. The molecule has 2 aromatic rings. The molecule has 4 nitrogen and oxygen atoms in total. The second kappa shape index (κ2) is 3.72. The maximum absolute atomic E-state index is 13.5. The predicted molar refractivity (Wildman–Crippen MR) is 60.1 cm³/mol. The predicted octanol–water partition coefficient (Wildman–Crippen LogP) is 2.47. The maximum Gasteiger partial charge on any atom is 0.426 e. The van der Waals surface area contributed by atoms with E-state index in [1.54, 1.807) is 0 Å². The highest BCUT2D eigenvalue weighted by atomic mass is 35.5. The minimum atomic E-state index is -4.87. The molecule has 0 saturated carbocycles. The van der Waals surface area contributed by atoms with Crippen LogP contribution in [0.15, 0.2) is 18.5 Å².